The van der Waals surface area contributed by atoms with Gasteiger partial charge in [-0.3, -0.25) is 9.59 Å². The van der Waals surface area contributed by atoms with Crippen molar-refractivity contribution >= 4 is 23.1 Å². The number of aliphatic hydroxyl groups is 1. The third-order valence-electron chi connectivity index (χ3n) is 2.81. The molecule has 5 nitrogen and oxygen atoms in total. The molecule has 0 fully saturated rings. The Morgan fingerprint density at radius 1 is 1.18 bits per heavy atom. The normalized spacial score (nSPS) is 11.2. The Bertz CT molecular complexity index is 608. The molecule has 1 heterocycles. The number of aliphatic carboxylic acids is 1. The molecule has 1 unspecified atom stereocenters. The second-order valence-corrected chi connectivity index (χ2v) is 5.58. The molecular weight excluding hydrogens is 302 g/mol. The summed E-state index contributed by atoms with van der Waals surface area (Å²) >= 11 is 1.24. The maximum atomic E-state index is 12.1. The molecule has 6 heteroatoms. The Morgan fingerprint density at radius 3 is 2.27 bits per heavy atom. The molecule has 0 aliphatic carbocycles. The van der Waals surface area contributed by atoms with Gasteiger partial charge in [-0.2, -0.15) is 0 Å². The van der Waals surface area contributed by atoms with E-state index >= 15 is 0 Å². The number of ketones is 1. The molecule has 0 radical (unpaired) electrons. The zero-order valence-corrected chi connectivity index (χ0v) is 13.0. The van der Waals surface area contributed by atoms with Gasteiger partial charge in [-0.25, -0.2) is 0 Å². The van der Waals surface area contributed by atoms with Crippen molar-refractivity contribution in [2.45, 2.75) is 12.8 Å². The Morgan fingerprint density at radius 2 is 1.77 bits per heavy atom. The second kappa shape index (κ2) is 9.09. The van der Waals surface area contributed by atoms with Crippen molar-refractivity contribution in [1.82, 2.24) is 0 Å². The van der Waals surface area contributed by atoms with Crippen LogP contribution in [0, 0.1) is 0 Å². The van der Waals surface area contributed by atoms with E-state index in [1.54, 1.807) is 31.2 Å². The van der Waals surface area contributed by atoms with E-state index in [0.717, 1.165) is 0 Å². The van der Waals surface area contributed by atoms with Crippen LogP contribution >= 0.6 is 11.3 Å². The maximum Gasteiger partial charge on any atom is 0.311 e. The van der Waals surface area contributed by atoms with Crippen molar-refractivity contribution in [3.63, 3.8) is 0 Å². The van der Waals surface area contributed by atoms with Gasteiger partial charge in [0, 0.05) is 17.0 Å². The lowest BCUT2D eigenvalue weighted by molar-refractivity contribution is -0.138. The molecule has 118 valence electrons. The van der Waals surface area contributed by atoms with E-state index in [1.807, 2.05) is 18.2 Å². The van der Waals surface area contributed by atoms with Crippen LogP contribution in [-0.2, 0) is 4.79 Å². The number of hydrogen-bond acceptors (Lipinski definition) is 5. The molecule has 1 aromatic carbocycles. The van der Waals surface area contributed by atoms with Crippen molar-refractivity contribution in [2.75, 3.05) is 13.2 Å². The molecule has 0 saturated heterocycles. The van der Waals surface area contributed by atoms with E-state index in [1.165, 1.54) is 11.3 Å². The predicted molar refractivity (Wildman–Crippen MR) is 86.4 cm³/mol. The van der Waals surface area contributed by atoms with Crippen LogP contribution in [0.5, 0.6) is 0 Å². The largest absolute Gasteiger partial charge is 0.481 e. The minimum absolute atomic E-state index is 0.0653. The number of carbonyl (C=O) groups is 2. The summed E-state index contributed by atoms with van der Waals surface area (Å²) in [4.78, 5) is 24.3. The summed E-state index contributed by atoms with van der Waals surface area (Å²) in [7, 11) is 0. The summed E-state index contributed by atoms with van der Waals surface area (Å²) in [5.74, 6) is -1.52. The van der Waals surface area contributed by atoms with Crippen molar-refractivity contribution < 1.29 is 19.8 Å². The number of thiophene rings is 1. The number of aliphatic hydroxyl groups excluding tert-OH is 1. The number of nitrogens with two attached hydrogens (primary N) is 1. The molecule has 0 aliphatic heterocycles. The van der Waals surface area contributed by atoms with Crippen LogP contribution in [-0.4, -0.2) is 35.1 Å². The Balaban J connectivity index is 0.000000541. The lowest BCUT2D eigenvalue weighted by Crippen LogP contribution is -2.05. The highest BCUT2D eigenvalue weighted by Gasteiger charge is 2.18. The fourth-order valence-electron chi connectivity index (χ4n) is 1.56. The Kier molecular flexibility index (Phi) is 7.45. The Labute approximate surface area is 133 Å². The molecule has 22 heavy (non-hydrogen) atoms. The molecule has 0 saturated carbocycles. The van der Waals surface area contributed by atoms with Gasteiger partial charge in [-0.05, 0) is 19.1 Å². The summed E-state index contributed by atoms with van der Waals surface area (Å²) in [6.07, 6.45) is 0. The molecule has 2 rings (SSSR count). The third-order valence-corrected chi connectivity index (χ3v) is 4.08. The van der Waals surface area contributed by atoms with Gasteiger partial charge >= 0.3 is 5.97 Å². The average Bonchev–Trinajstić information content (AvgIpc) is 3.04. The zero-order chi connectivity index (χ0) is 16.5. The van der Waals surface area contributed by atoms with Gasteiger partial charge in [0.05, 0.1) is 17.4 Å². The lowest BCUT2D eigenvalue weighted by atomic mass is 10.1. The van der Waals surface area contributed by atoms with Gasteiger partial charge in [0.25, 0.3) is 0 Å². The predicted octanol–water partition coefficient (Wildman–Crippen LogP) is 2.10. The molecule has 0 bridgehead atoms. The quantitative estimate of drug-likeness (QED) is 0.732. The van der Waals surface area contributed by atoms with Crippen LogP contribution in [0.4, 0.5) is 0 Å². The molecule has 2 aromatic rings. The van der Waals surface area contributed by atoms with E-state index in [0.29, 0.717) is 21.9 Å². The van der Waals surface area contributed by atoms with Gasteiger partial charge in [-0.1, -0.05) is 30.3 Å². The van der Waals surface area contributed by atoms with Gasteiger partial charge in [0.2, 0.25) is 5.78 Å². The highest BCUT2D eigenvalue weighted by atomic mass is 32.1. The summed E-state index contributed by atoms with van der Waals surface area (Å²) in [6.45, 7) is 2.09. The van der Waals surface area contributed by atoms with E-state index in [9.17, 15) is 9.59 Å². The van der Waals surface area contributed by atoms with Gasteiger partial charge < -0.3 is 15.9 Å². The number of hydrogen-bond donors (Lipinski definition) is 3. The first-order valence-corrected chi connectivity index (χ1v) is 7.56. The van der Waals surface area contributed by atoms with Crippen LogP contribution in [0.1, 0.15) is 33.0 Å². The topological polar surface area (TPSA) is 101 Å². The summed E-state index contributed by atoms with van der Waals surface area (Å²) in [6, 6.07) is 12.4. The van der Waals surface area contributed by atoms with Gasteiger partial charge in [0.15, 0.2) is 0 Å². The first-order chi connectivity index (χ1) is 10.5. The van der Waals surface area contributed by atoms with Crippen molar-refractivity contribution in [2.24, 2.45) is 5.73 Å². The molecule has 0 amide bonds. The molecule has 1 atom stereocenters. The molecule has 4 N–H and O–H groups in total. The van der Waals surface area contributed by atoms with Crippen molar-refractivity contribution in [1.29, 1.82) is 0 Å². The Hall–Kier alpha value is -2.02. The van der Waals surface area contributed by atoms with Crippen LogP contribution in [0.3, 0.4) is 0 Å². The van der Waals surface area contributed by atoms with Crippen LogP contribution in [0.15, 0.2) is 42.5 Å². The highest BCUT2D eigenvalue weighted by Crippen LogP contribution is 2.26. The smallest absolute Gasteiger partial charge is 0.311 e. The number of benzene rings is 1. The van der Waals surface area contributed by atoms with Crippen LogP contribution in [0.25, 0.3) is 0 Å². The summed E-state index contributed by atoms with van der Waals surface area (Å²) < 4.78 is 0. The standard InChI is InChI=1S/C14H12O3S.C2H7NO/c1-9(14(16)17)11-7-8-12(18-11)13(15)10-5-3-2-4-6-10;3-1-2-4/h2-9H,1H3,(H,16,17);4H,1-3H2. The van der Waals surface area contributed by atoms with Gasteiger partial charge in [-0.15, -0.1) is 11.3 Å². The van der Waals surface area contributed by atoms with Crippen LogP contribution < -0.4 is 5.73 Å². The first kappa shape index (κ1) is 18.0. The zero-order valence-electron chi connectivity index (χ0n) is 12.2. The van der Waals surface area contributed by atoms with E-state index < -0.39 is 11.9 Å². The molecular formula is C16H19NO4S. The van der Waals surface area contributed by atoms with Crippen molar-refractivity contribution in [3.8, 4) is 0 Å². The lowest BCUT2D eigenvalue weighted by Gasteiger charge is -2.01. The fraction of sp³-hybridized carbons (Fsp3) is 0.250. The first-order valence-electron chi connectivity index (χ1n) is 6.74. The maximum absolute atomic E-state index is 12.1. The fourth-order valence-corrected chi connectivity index (χ4v) is 2.58. The number of carboxylic acids is 1. The molecule has 1 aromatic heterocycles. The van der Waals surface area contributed by atoms with E-state index in [2.05, 4.69) is 0 Å². The number of carbonyl (C=O) groups excluding carboxylic acids is 1. The van der Waals surface area contributed by atoms with Gasteiger partial charge in [0.1, 0.15) is 0 Å². The van der Waals surface area contributed by atoms with Crippen molar-refractivity contribution in [3.05, 3.63) is 57.8 Å². The second-order valence-electron chi connectivity index (χ2n) is 4.47. The summed E-state index contributed by atoms with van der Waals surface area (Å²) in [5, 5.41) is 16.7. The number of carboxylic acid groups (broad SMARTS) is 1. The SMILES string of the molecule is CC(C(=O)O)c1ccc(C(=O)c2ccccc2)s1.NCCO. The minimum Gasteiger partial charge on any atom is -0.481 e. The average molecular weight is 321 g/mol. The highest BCUT2D eigenvalue weighted by molar-refractivity contribution is 7.14. The number of rotatable bonds is 5. The molecule has 0 spiro atoms. The summed E-state index contributed by atoms with van der Waals surface area (Å²) in [5.41, 5.74) is 5.40. The third kappa shape index (κ3) is 5.07. The van der Waals surface area contributed by atoms with E-state index in [4.69, 9.17) is 15.9 Å². The van der Waals surface area contributed by atoms with Crippen LogP contribution in [0.2, 0.25) is 0 Å². The van der Waals surface area contributed by atoms with E-state index in [-0.39, 0.29) is 12.4 Å². The minimum atomic E-state index is -0.879. The molecule has 0 aliphatic rings. The monoisotopic (exact) mass is 321 g/mol.